The van der Waals surface area contributed by atoms with Crippen molar-refractivity contribution < 1.29 is 9.53 Å². The van der Waals surface area contributed by atoms with Crippen molar-refractivity contribution in [1.29, 1.82) is 0 Å². The van der Waals surface area contributed by atoms with Crippen LogP contribution in [0.1, 0.15) is 6.92 Å². The van der Waals surface area contributed by atoms with Crippen LogP contribution in [0, 0.1) is 0 Å². The van der Waals surface area contributed by atoms with Gasteiger partial charge in [0.2, 0.25) is 0 Å². The molecule has 0 aliphatic heterocycles. The smallest absolute Gasteiger partial charge is 0.417 e. The van der Waals surface area contributed by atoms with E-state index < -0.39 is 0 Å². The van der Waals surface area contributed by atoms with Crippen molar-refractivity contribution >= 4 is 6.09 Å². The maximum Gasteiger partial charge on any atom is 0.417 e. The predicted octanol–water partition coefficient (Wildman–Crippen LogP) is 4.83. The Balaban J connectivity index is 2.12. The molecule has 0 N–H and O–H groups in total. The van der Waals surface area contributed by atoms with Gasteiger partial charge < -0.3 is 4.74 Å². The molecule has 0 saturated heterocycles. The predicted molar refractivity (Wildman–Crippen MR) is 87.7 cm³/mol. The normalized spacial score (nSPS) is 10.4. The highest BCUT2D eigenvalue weighted by atomic mass is 16.5. The average Bonchev–Trinajstić information content (AvgIpc) is 3.02. The lowest BCUT2D eigenvalue weighted by Crippen LogP contribution is -2.10. The fraction of sp³-hybridized carbons (Fsp3) is 0.105. The van der Waals surface area contributed by atoms with Crippen LogP contribution in [0.15, 0.2) is 73.1 Å². The molecule has 0 aliphatic carbocycles. The van der Waals surface area contributed by atoms with Crippen molar-refractivity contribution in [3.8, 4) is 22.3 Å². The molecule has 3 rings (SSSR count). The molecule has 0 amide bonds. The maximum absolute atomic E-state index is 12.0. The Morgan fingerprint density at radius 3 is 1.73 bits per heavy atom. The van der Waals surface area contributed by atoms with Gasteiger partial charge in [0.25, 0.3) is 0 Å². The molecular weight excluding hydrogens is 274 g/mol. The Kier molecular flexibility index (Phi) is 4.05. The van der Waals surface area contributed by atoms with Crippen LogP contribution in [-0.4, -0.2) is 17.3 Å². The van der Waals surface area contributed by atoms with Crippen molar-refractivity contribution in [3.63, 3.8) is 0 Å². The molecule has 0 unspecified atom stereocenters. The van der Waals surface area contributed by atoms with E-state index in [1.165, 1.54) is 4.57 Å². The molecule has 0 spiro atoms. The van der Waals surface area contributed by atoms with Gasteiger partial charge in [0, 0.05) is 23.5 Å². The van der Waals surface area contributed by atoms with Crippen LogP contribution in [0.2, 0.25) is 0 Å². The third kappa shape index (κ3) is 2.79. The molecule has 1 aromatic heterocycles. The first-order valence-corrected chi connectivity index (χ1v) is 7.29. The maximum atomic E-state index is 12.0. The second-order valence-corrected chi connectivity index (χ2v) is 4.92. The van der Waals surface area contributed by atoms with Crippen molar-refractivity contribution in [1.82, 2.24) is 4.57 Å². The van der Waals surface area contributed by atoms with E-state index in [1.54, 1.807) is 6.92 Å². The topological polar surface area (TPSA) is 31.2 Å². The molecule has 0 radical (unpaired) electrons. The minimum atomic E-state index is -0.359. The fourth-order valence-corrected chi connectivity index (χ4v) is 2.45. The molecule has 0 bridgehead atoms. The lowest BCUT2D eigenvalue weighted by Gasteiger charge is -2.03. The average molecular weight is 291 g/mol. The van der Waals surface area contributed by atoms with Crippen molar-refractivity contribution in [2.45, 2.75) is 6.92 Å². The highest BCUT2D eigenvalue weighted by Crippen LogP contribution is 2.33. The Hall–Kier alpha value is -2.81. The van der Waals surface area contributed by atoms with Crippen LogP contribution < -0.4 is 0 Å². The summed E-state index contributed by atoms with van der Waals surface area (Å²) in [5.74, 6) is 0. The molecule has 0 saturated carbocycles. The summed E-state index contributed by atoms with van der Waals surface area (Å²) in [5.41, 5.74) is 4.17. The molecule has 3 aromatic rings. The van der Waals surface area contributed by atoms with Gasteiger partial charge in [0.1, 0.15) is 0 Å². The van der Waals surface area contributed by atoms with Crippen LogP contribution in [0.3, 0.4) is 0 Å². The quantitative estimate of drug-likeness (QED) is 0.692. The number of hydrogen-bond donors (Lipinski definition) is 0. The van der Waals surface area contributed by atoms with Crippen LogP contribution in [0.4, 0.5) is 4.79 Å². The third-order valence-corrected chi connectivity index (χ3v) is 3.47. The second-order valence-electron chi connectivity index (χ2n) is 4.92. The molecule has 2 aromatic carbocycles. The number of nitrogens with zero attached hydrogens (tertiary/aromatic N) is 1. The monoisotopic (exact) mass is 291 g/mol. The second kappa shape index (κ2) is 6.31. The zero-order valence-electron chi connectivity index (χ0n) is 12.4. The lowest BCUT2D eigenvalue weighted by molar-refractivity contribution is 0.154. The molecule has 3 heteroatoms. The van der Waals surface area contributed by atoms with Gasteiger partial charge >= 0.3 is 6.09 Å². The molecule has 1 heterocycles. The van der Waals surface area contributed by atoms with Crippen molar-refractivity contribution in [3.05, 3.63) is 73.1 Å². The minimum absolute atomic E-state index is 0.359. The largest absolute Gasteiger partial charge is 0.449 e. The molecule has 0 atom stereocenters. The van der Waals surface area contributed by atoms with Gasteiger partial charge in [-0.1, -0.05) is 60.7 Å². The highest BCUT2D eigenvalue weighted by Gasteiger charge is 2.14. The van der Waals surface area contributed by atoms with Crippen LogP contribution in [0.5, 0.6) is 0 Å². The summed E-state index contributed by atoms with van der Waals surface area (Å²) >= 11 is 0. The summed E-state index contributed by atoms with van der Waals surface area (Å²) in [6.45, 7) is 2.16. The van der Waals surface area contributed by atoms with Gasteiger partial charge in [0.05, 0.1) is 6.61 Å². The zero-order valence-corrected chi connectivity index (χ0v) is 12.4. The Labute approximate surface area is 129 Å². The first-order valence-electron chi connectivity index (χ1n) is 7.29. The summed E-state index contributed by atoms with van der Waals surface area (Å²) in [5, 5.41) is 0. The van der Waals surface area contributed by atoms with Crippen molar-refractivity contribution in [2.75, 3.05) is 6.61 Å². The summed E-state index contributed by atoms with van der Waals surface area (Å²) < 4.78 is 6.60. The first kappa shape index (κ1) is 14.1. The first-order chi connectivity index (χ1) is 10.8. The lowest BCUT2D eigenvalue weighted by atomic mass is 9.99. The number of hydrogen-bond acceptors (Lipinski definition) is 2. The van der Waals surface area contributed by atoms with E-state index in [9.17, 15) is 4.79 Å². The van der Waals surface area contributed by atoms with Crippen LogP contribution >= 0.6 is 0 Å². The zero-order chi connectivity index (χ0) is 15.4. The summed E-state index contributed by atoms with van der Waals surface area (Å²) in [6.07, 6.45) is 3.30. The SMILES string of the molecule is CCOC(=O)n1cc(-c2ccccc2)c(-c2ccccc2)c1. The Morgan fingerprint density at radius 1 is 0.864 bits per heavy atom. The standard InChI is InChI=1S/C19H17NO2/c1-2-22-19(21)20-13-17(15-9-5-3-6-10-15)18(14-20)16-11-7-4-8-12-16/h3-14H,2H2,1H3. The fourth-order valence-electron chi connectivity index (χ4n) is 2.45. The molecule has 22 heavy (non-hydrogen) atoms. The minimum Gasteiger partial charge on any atom is -0.449 e. The van der Waals surface area contributed by atoms with E-state index in [0.717, 1.165) is 22.3 Å². The van der Waals surface area contributed by atoms with Crippen LogP contribution in [-0.2, 0) is 4.74 Å². The Bertz CT molecular complexity index is 704. The Morgan fingerprint density at radius 2 is 1.32 bits per heavy atom. The number of benzene rings is 2. The van der Waals surface area contributed by atoms with E-state index in [-0.39, 0.29) is 6.09 Å². The summed E-state index contributed by atoms with van der Waals surface area (Å²) in [7, 11) is 0. The number of aromatic nitrogens is 1. The molecule has 0 fully saturated rings. The molecular formula is C19H17NO2. The van der Waals surface area contributed by atoms with E-state index in [4.69, 9.17) is 4.74 Å². The van der Waals surface area contributed by atoms with Gasteiger partial charge in [-0.15, -0.1) is 0 Å². The number of rotatable bonds is 3. The van der Waals surface area contributed by atoms with E-state index >= 15 is 0 Å². The number of carbonyl (C=O) groups is 1. The van der Waals surface area contributed by atoms with E-state index in [1.807, 2.05) is 73.1 Å². The van der Waals surface area contributed by atoms with E-state index in [0.29, 0.717) is 6.61 Å². The molecule has 0 aliphatic rings. The molecule has 3 nitrogen and oxygen atoms in total. The number of carbonyl (C=O) groups excluding carboxylic acids is 1. The van der Waals surface area contributed by atoms with Gasteiger partial charge in [-0.25, -0.2) is 4.79 Å². The molecule has 110 valence electrons. The number of ether oxygens (including phenoxy) is 1. The van der Waals surface area contributed by atoms with Gasteiger partial charge in [-0.3, -0.25) is 4.57 Å². The third-order valence-electron chi connectivity index (χ3n) is 3.47. The summed E-state index contributed by atoms with van der Waals surface area (Å²) in [6, 6.07) is 20.1. The van der Waals surface area contributed by atoms with Gasteiger partial charge in [0.15, 0.2) is 0 Å². The highest BCUT2D eigenvalue weighted by molar-refractivity contribution is 5.86. The summed E-state index contributed by atoms with van der Waals surface area (Å²) in [4.78, 5) is 12.0. The van der Waals surface area contributed by atoms with Crippen LogP contribution in [0.25, 0.3) is 22.3 Å². The van der Waals surface area contributed by atoms with Gasteiger partial charge in [-0.2, -0.15) is 0 Å². The van der Waals surface area contributed by atoms with Gasteiger partial charge in [-0.05, 0) is 18.1 Å². The van der Waals surface area contributed by atoms with E-state index in [2.05, 4.69) is 0 Å². The van der Waals surface area contributed by atoms with Crippen molar-refractivity contribution in [2.24, 2.45) is 0 Å².